The average Bonchev–Trinajstić information content (AvgIpc) is 3.26. The largest absolute Gasteiger partial charge is 0.324 e. The molecule has 30 heavy (non-hydrogen) atoms. The molecule has 3 heterocycles. The van der Waals surface area contributed by atoms with Crippen LogP contribution in [0.4, 0.5) is 0 Å². The summed E-state index contributed by atoms with van der Waals surface area (Å²) in [6.45, 7) is 9.28. The van der Waals surface area contributed by atoms with Gasteiger partial charge in [0, 0.05) is 29.1 Å². The molecule has 5 aromatic rings. The fourth-order valence-electron chi connectivity index (χ4n) is 4.49. The molecule has 0 spiro atoms. The molecule has 0 aliphatic heterocycles. The maximum absolute atomic E-state index is 4.89. The van der Waals surface area contributed by atoms with Crippen molar-refractivity contribution in [3.63, 3.8) is 0 Å². The number of benzene rings is 2. The molecule has 3 aromatic heterocycles. The third-order valence-corrected chi connectivity index (χ3v) is 5.95. The molecular weight excluding hydrogens is 372 g/mol. The highest BCUT2D eigenvalue weighted by Gasteiger charge is 2.22. The van der Waals surface area contributed by atoms with Crippen molar-refractivity contribution >= 4 is 22.1 Å². The normalized spacial score (nSPS) is 12.7. The van der Waals surface area contributed by atoms with Crippen LogP contribution >= 0.6 is 0 Å². The zero-order valence-electron chi connectivity index (χ0n) is 17.7. The number of hydrogen-bond acceptors (Lipinski definition) is 4. The summed E-state index contributed by atoms with van der Waals surface area (Å²) >= 11 is 0. The van der Waals surface area contributed by atoms with Gasteiger partial charge in [-0.3, -0.25) is 0 Å². The van der Waals surface area contributed by atoms with Crippen LogP contribution in [0.2, 0.25) is 0 Å². The highest BCUT2D eigenvalue weighted by atomic mass is 15.4. The summed E-state index contributed by atoms with van der Waals surface area (Å²) in [5.74, 6) is 0.742. The maximum atomic E-state index is 4.89. The van der Waals surface area contributed by atoms with Crippen LogP contribution in [0, 0.1) is 13.8 Å². The quantitative estimate of drug-likeness (QED) is 0.431. The second-order valence-corrected chi connectivity index (χ2v) is 7.67. The molecule has 0 fully saturated rings. The van der Waals surface area contributed by atoms with Crippen molar-refractivity contribution in [1.82, 2.24) is 29.5 Å². The van der Waals surface area contributed by atoms with Crippen molar-refractivity contribution < 1.29 is 0 Å². The van der Waals surface area contributed by atoms with E-state index in [1.807, 2.05) is 29.8 Å². The molecule has 0 bridgehead atoms. The maximum Gasteiger partial charge on any atom is 0.272 e. The number of rotatable bonds is 4. The van der Waals surface area contributed by atoms with E-state index in [-0.39, 0.29) is 5.92 Å². The van der Waals surface area contributed by atoms with E-state index in [0.29, 0.717) is 5.95 Å². The third kappa shape index (κ3) is 2.71. The molecule has 6 heteroatoms. The summed E-state index contributed by atoms with van der Waals surface area (Å²) in [7, 11) is 0. The Balaban J connectivity index is 1.67. The lowest BCUT2D eigenvalue weighted by Crippen LogP contribution is -2.08. The molecule has 5 rings (SSSR count). The van der Waals surface area contributed by atoms with Gasteiger partial charge in [-0.1, -0.05) is 55.5 Å². The van der Waals surface area contributed by atoms with Crippen molar-refractivity contribution in [3.8, 4) is 5.95 Å². The van der Waals surface area contributed by atoms with Crippen LogP contribution in [-0.2, 0) is 6.54 Å². The van der Waals surface area contributed by atoms with Crippen molar-refractivity contribution in [2.45, 2.75) is 40.2 Å². The van der Waals surface area contributed by atoms with Crippen molar-refractivity contribution in [3.05, 3.63) is 77.1 Å². The molecule has 0 amide bonds. The Morgan fingerprint density at radius 3 is 2.43 bits per heavy atom. The minimum atomic E-state index is 0.235. The summed E-state index contributed by atoms with van der Waals surface area (Å²) in [5, 5.41) is 14.9. The van der Waals surface area contributed by atoms with E-state index in [1.165, 1.54) is 11.1 Å². The van der Waals surface area contributed by atoms with Crippen LogP contribution in [-0.4, -0.2) is 29.5 Å². The lowest BCUT2D eigenvalue weighted by atomic mass is 9.92. The Labute approximate surface area is 175 Å². The predicted octanol–water partition coefficient (Wildman–Crippen LogP) is 4.95. The fraction of sp³-hybridized carbons (Fsp3) is 0.250. The first-order valence-electron chi connectivity index (χ1n) is 10.3. The van der Waals surface area contributed by atoms with Gasteiger partial charge >= 0.3 is 0 Å². The van der Waals surface area contributed by atoms with Crippen LogP contribution in [0.25, 0.3) is 28.0 Å². The molecule has 1 atom stereocenters. The van der Waals surface area contributed by atoms with Crippen molar-refractivity contribution in [2.24, 2.45) is 0 Å². The number of fused-ring (bicyclic) bond motifs is 3. The molecule has 0 aliphatic rings. The van der Waals surface area contributed by atoms with Crippen molar-refractivity contribution in [1.29, 1.82) is 0 Å². The van der Waals surface area contributed by atoms with Gasteiger partial charge in [-0.25, -0.2) is 4.68 Å². The molecule has 150 valence electrons. The topological polar surface area (TPSA) is 61.4 Å². The number of para-hydroxylation sites is 1. The highest BCUT2D eigenvalue weighted by Crippen LogP contribution is 2.31. The number of nitrogens with zero attached hydrogens (tertiary/aromatic N) is 6. The summed E-state index contributed by atoms with van der Waals surface area (Å²) < 4.78 is 4.01. The van der Waals surface area contributed by atoms with E-state index in [2.05, 4.69) is 71.9 Å². The van der Waals surface area contributed by atoms with Gasteiger partial charge in [0.05, 0.1) is 11.2 Å². The SMILES string of the molecule is CCn1c2ccccc2c2nnc(-n3nc(C)c(C(C)c4ccccc4)c3C)nc21. The van der Waals surface area contributed by atoms with Gasteiger partial charge in [-0.05, 0) is 32.4 Å². The zero-order valence-corrected chi connectivity index (χ0v) is 17.7. The van der Waals surface area contributed by atoms with Crippen LogP contribution in [0.15, 0.2) is 54.6 Å². The standard InChI is InChI=1S/C24H24N6/c1-5-29-20-14-10-9-13-19(20)22-23(29)25-24(27-26-22)30-17(4)21(16(3)28-30)15(2)18-11-7-6-8-12-18/h6-15H,5H2,1-4H3. The molecule has 0 radical (unpaired) electrons. The minimum Gasteiger partial charge on any atom is -0.324 e. The van der Waals surface area contributed by atoms with E-state index < -0.39 is 0 Å². The third-order valence-electron chi connectivity index (χ3n) is 5.95. The second kappa shape index (κ2) is 7.06. The van der Waals surface area contributed by atoms with Crippen LogP contribution in [0.1, 0.15) is 42.3 Å². The minimum absolute atomic E-state index is 0.235. The molecule has 0 aliphatic carbocycles. The van der Waals surface area contributed by atoms with Gasteiger partial charge < -0.3 is 4.57 Å². The number of aromatic nitrogens is 6. The van der Waals surface area contributed by atoms with E-state index >= 15 is 0 Å². The predicted molar refractivity (Wildman–Crippen MR) is 119 cm³/mol. The Bertz CT molecular complexity index is 1360. The van der Waals surface area contributed by atoms with Crippen LogP contribution < -0.4 is 0 Å². The first-order chi connectivity index (χ1) is 14.6. The fourth-order valence-corrected chi connectivity index (χ4v) is 4.49. The highest BCUT2D eigenvalue weighted by molar-refractivity contribution is 6.04. The summed E-state index contributed by atoms with van der Waals surface area (Å²) in [6, 6.07) is 18.7. The van der Waals surface area contributed by atoms with E-state index in [4.69, 9.17) is 10.1 Å². The summed E-state index contributed by atoms with van der Waals surface area (Å²) in [6.07, 6.45) is 0. The molecular formula is C24H24N6. The van der Waals surface area contributed by atoms with Gasteiger partial charge in [0.25, 0.3) is 5.95 Å². The number of hydrogen-bond donors (Lipinski definition) is 0. The van der Waals surface area contributed by atoms with Gasteiger partial charge in [0.15, 0.2) is 5.65 Å². The van der Waals surface area contributed by atoms with Gasteiger partial charge in [0.2, 0.25) is 0 Å². The molecule has 0 saturated heterocycles. The number of aryl methyl sites for hydroxylation is 2. The smallest absolute Gasteiger partial charge is 0.272 e. The second-order valence-electron chi connectivity index (χ2n) is 7.67. The van der Waals surface area contributed by atoms with E-state index in [1.54, 1.807) is 0 Å². The Morgan fingerprint density at radius 1 is 0.933 bits per heavy atom. The van der Waals surface area contributed by atoms with E-state index in [9.17, 15) is 0 Å². The van der Waals surface area contributed by atoms with Crippen LogP contribution in [0.5, 0.6) is 0 Å². The van der Waals surface area contributed by atoms with Crippen LogP contribution in [0.3, 0.4) is 0 Å². The zero-order chi connectivity index (χ0) is 20.8. The molecule has 6 nitrogen and oxygen atoms in total. The lowest BCUT2D eigenvalue weighted by molar-refractivity contribution is 0.742. The Hall–Kier alpha value is -3.54. The monoisotopic (exact) mass is 396 g/mol. The first-order valence-corrected chi connectivity index (χ1v) is 10.3. The van der Waals surface area contributed by atoms with Gasteiger partial charge in [-0.2, -0.15) is 10.1 Å². The molecule has 0 N–H and O–H groups in total. The molecule has 1 unspecified atom stereocenters. The van der Waals surface area contributed by atoms with Crippen molar-refractivity contribution in [2.75, 3.05) is 0 Å². The van der Waals surface area contributed by atoms with Gasteiger partial charge in [-0.15, -0.1) is 10.2 Å². The van der Waals surface area contributed by atoms with E-state index in [0.717, 1.165) is 40.0 Å². The first kappa shape index (κ1) is 18.5. The lowest BCUT2D eigenvalue weighted by Gasteiger charge is -2.13. The average molecular weight is 396 g/mol. The molecule has 0 saturated carbocycles. The molecule has 2 aromatic carbocycles. The Morgan fingerprint density at radius 2 is 1.67 bits per heavy atom. The van der Waals surface area contributed by atoms with Gasteiger partial charge in [0.1, 0.15) is 5.52 Å². The summed E-state index contributed by atoms with van der Waals surface area (Å²) in [5.41, 5.74) is 7.31. The summed E-state index contributed by atoms with van der Waals surface area (Å²) in [4.78, 5) is 4.89. The Kier molecular flexibility index (Phi) is 4.35.